The maximum Gasteiger partial charge on any atom is 0.277 e. The number of carbonyl (C=O) groups is 1. The van der Waals surface area contributed by atoms with Gasteiger partial charge in [-0.25, -0.2) is 9.97 Å². The molecule has 1 N–H and O–H groups in total. The highest BCUT2D eigenvalue weighted by atomic mass is 35.5. The molecule has 3 rings (SSSR count). The molecule has 1 amide bonds. The first-order chi connectivity index (χ1) is 13.4. The number of methoxy groups -OCH3 is 2. The molecule has 0 bridgehead atoms. The molecule has 3 aromatic rings. The number of halogens is 2. The molecular weight excluding hydrogens is 407 g/mol. The van der Waals surface area contributed by atoms with Crippen LogP contribution in [0.25, 0.3) is 22.2 Å². The van der Waals surface area contributed by atoms with Crippen molar-refractivity contribution in [2.24, 2.45) is 7.05 Å². The minimum absolute atomic E-state index is 0.120. The van der Waals surface area contributed by atoms with Gasteiger partial charge in [0.2, 0.25) is 6.41 Å². The number of pyridine rings is 1. The van der Waals surface area contributed by atoms with Crippen LogP contribution >= 0.6 is 23.2 Å². The average molecular weight is 423 g/mol. The lowest BCUT2D eigenvalue weighted by Gasteiger charge is -2.17. The van der Waals surface area contributed by atoms with Crippen LogP contribution in [0.5, 0.6) is 11.5 Å². The molecule has 0 aliphatic carbocycles. The number of benzene rings is 1. The SMILES string of the molecule is COc1cc(OC)c(Cl)c(-c2cc3cnc(CNC=O)nc3c(=O)n2C)c1Cl. The van der Waals surface area contributed by atoms with Gasteiger partial charge in [0.05, 0.1) is 36.5 Å². The molecule has 146 valence electrons. The van der Waals surface area contributed by atoms with Crippen LogP contribution in [0.15, 0.2) is 23.1 Å². The molecule has 0 fully saturated rings. The standard InChI is InChI=1S/C18H16Cl2N4O4/c1-24-10(14-15(19)11(27-2)5-12(28-3)16(14)20)4-9-6-22-13(7-21-8-25)23-17(9)18(24)26/h4-6,8H,7H2,1-3H3,(H,21,25). The van der Waals surface area contributed by atoms with Crippen molar-refractivity contribution >= 4 is 40.5 Å². The number of aromatic nitrogens is 3. The first-order valence-electron chi connectivity index (χ1n) is 8.06. The van der Waals surface area contributed by atoms with E-state index in [1.807, 2.05) is 0 Å². The van der Waals surface area contributed by atoms with E-state index in [1.54, 1.807) is 19.2 Å². The third-order valence-corrected chi connectivity index (χ3v) is 4.95. The van der Waals surface area contributed by atoms with Crippen molar-refractivity contribution in [2.75, 3.05) is 14.2 Å². The van der Waals surface area contributed by atoms with Gasteiger partial charge in [-0.1, -0.05) is 23.2 Å². The molecular formula is C18H16Cl2N4O4. The number of nitrogens with zero attached hydrogens (tertiary/aromatic N) is 3. The van der Waals surface area contributed by atoms with E-state index in [9.17, 15) is 9.59 Å². The predicted molar refractivity (Wildman–Crippen MR) is 106 cm³/mol. The van der Waals surface area contributed by atoms with Crippen molar-refractivity contribution in [2.45, 2.75) is 6.54 Å². The Labute approximate surface area is 170 Å². The Morgan fingerprint density at radius 1 is 1.18 bits per heavy atom. The Morgan fingerprint density at radius 2 is 1.82 bits per heavy atom. The number of carbonyl (C=O) groups excluding carboxylic acids is 1. The Hall–Kier alpha value is -2.84. The summed E-state index contributed by atoms with van der Waals surface area (Å²) in [5.41, 5.74) is 0.696. The van der Waals surface area contributed by atoms with Crippen molar-refractivity contribution < 1.29 is 14.3 Å². The van der Waals surface area contributed by atoms with Gasteiger partial charge in [-0.2, -0.15) is 0 Å². The van der Waals surface area contributed by atoms with Crippen LogP contribution < -0.4 is 20.3 Å². The summed E-state index contributed by atoms with van der Waals surface area (Å²) in [5.74, 6) is 1.04. The second-order valence-electron chi connectivity index (χ2n) is 5.77. The molecule has 0 atom stereocenters. The number of hydrogen-bond donors (Lipinski definition) is 1. The molecule has 0 spiro atoms. The van der Waals surface area contributed by atoms with E-state index >= 15 is 0 Å². The molecule has 0 aliphatic heterocycles. The van der Waals surface area contributed by atoms with E-state index in [-0.39, 0.29) is 27.7 Å². The molecule has 2 heterocycles. The predicted octanol–water partition coefficient (Wildman–Crippen LogP) is 2.57. The number of rotatable bonds is 6. The smallest absolute Gasteiger partial charge is 0.277 e. The minimum Gasteiger partial charge on any atom is -0.495 e. The third kappa shape index (κ3) is 3.36. The Morgan fingerprint density at radius 3 is 2.39 bits per heavy atom. The van der Waals surface area contributed by atoms with Gasteiger partial charge in [0.25, 0.3) is 5.56 Å². The first kappa shape index (κ1) is 19.9. The Balaban J connectivity index is 2.29. The van der Waals surface area contributed by atoms with Crippen molar-refractivity contribution in [3.8, 4) is 22.8 Å². The van der Waals surface area contributed by atoms with Gasteiger partial charge >= 0.3 is 0 Å². The fraction of sp³-hybridized carbons (Fsp3) is 0.222. The zero-order valence-electron chi connectivity index (χ0n) is 15.2. The van der Waals surface area contributed by atoms with Crippen LogP contribution in [0, 0.1) is 0 Å². The van der Waals surface area contributed by atoms with E-state index in [0.717, 1.165) is 0 Å². The van der Waals surface area contributed by atoms with Gasteiger partial charge in [0.15, 0.2) is 0 Å². The summed E-state index contributed by atoms with van der Waals surface area (Å²) in [7, 11) is 4.53. The molecule has 0 saturated heterocycles. The maximum atomic E-state index is 12.9. The lowest BCUT2D eigenvalue weighted by molar-refractivity contribution is -0.109. The quantitative estimate of drug-likeness (QED) is 0.613. The lowest BCUT2D eigenvalue weighted by Crippen LogP contribution is -2.21. The third-order valence-electron chi connectivity index (χ3n) is 4.20. The number of hydrogen-bond acceptors (Lipinski definition) is 6. The van der Waals surface area contributed by atoms with Crippen LogP contribution in [0.4, 0.5) is 0 Å². The summed E-state index contributed by atoms with van der Waals surface area (Å²) in [6, 6.07) is 3.28. The number of amides is 1. The van der Waals surface area contributed by atoms with Gasteiger partial charge in [-0.05, 0) is 6.07 Å². The maximum absolute atomic E-state index is 12.9. The summed E-state index contributed by atoms with van der Waals surface area (Å²) < 4.78 is 12.0. The van der Waals surface area contributed by atoms with Crippen LogP contribution in [0.2, 0.25) is 10.0 Å². The number of nitrogens with one attached hydrogen (secondary N) is 1. The fourth-order valence-corrected chi connectivity index (χ4v) is 3.48. The fourth-order valence-electron chi connectivity index (χ4n) is 2.79. The molecule has 8 nitrogen and oxygen atoms in total. The van der Waals surface area contributed by atoms with E-state index < -0.39 is 0 Å². The van der Waals surface area contributed by atoms with Crippen molar-refractivity contribution in [3.05, 3.63) is 44.6 Å². The topological polar surface area (TPSA) is 95.3 Å². The number of fused-ring (bicyclic) bond motifs is 1. The van der Waals surface area contributed by atoms with Crippen molar-refractivity contribution in [1.82, 2.24) is 19.9 Å². The van der Waals surface area contributed by atoms with Crippen LogP contribution in [0.1, 0.15) is 5.82 Å². The molecule has 28 heavy (non-hydrogen) atoms. The normalized spacial score (nSPS) is 10.8. The summed E-state index contributed by atoms with van der Waals surface area (Å²) in [6.07, 6.45) is 2.04. The second-order valence-corrected chi connectivity index (χ2v) is 6.52. The van der Waals surface area contributed by atoms with Gasteiger partial charge in [-0.15, -0.1) is 0 Å². The molecule has 0 aliphatic rings. The van der Waals surface area contributed by atoms with Crippen molar-refractivity contribution in [1.29, 1.82) is 0 Å². The van der Waals surface area contributed by atoms with Crippen LogP contribution in [-0.2, 0) is 18.4 Å². The second kappa shape index (κ2) is 8.04. The van der Waals surface area contributed by atoms with Gasteiger partial charge in [0.1, 0.15) is 22.8 Å². The highest BCUT2D eigenvalue weighted by Crippen LogP contribution is 2.45. The molecule has 2 aromatic heterocycles. The highest BCUT2D eigenvalue weighted by Gasteiger charge is 2.22. The Bertz CT molecular complexity index is 1100. The van der Waals surface area contributed by atoms with Gasteiger partial charge in [-0.3, -0.25) is 9.59 Å². The molecule has 10 heteroatoms. The van der Waals surface area contributed by atoms with Gasteiger partial charge in [0, 0.05) is 30.3 Å². The van der Waals surface area contributed by atoms with Crippen molar-refractivity contribution in [3.63, 3.8) is 0 Å². The molecule has 0 unspecified atom stereocenters. The first-order valence-corrected chi connectivity index (χ1v) is 8.81. The van der Waals surface area contributed by atoms with Gasteiger partial charge < -0.3 is 19.4 Å². The summed E-state index contributed by atoms with van der Waals surface area (Å²) >= 11 is 13.0. The molecule has 0 radical (unpaired) electrons. The lowest BCUT2D eigenvalue weighted by atomic mass is 10.1. The molecule has 1 aromatic carbocycles. The summed E-state index contributed by atoms with van der Waals surface area (Å²) in [5, 5.41) is 3.46. The van der Waals surface area contributed by atoms with E-state index in [4.69, 9.17) is 32.7 Å². The van der Waals surface area contributed by atoms with E-state index in [0.29, 0.717) is 40.4 Å². The van der Waals surface area contributed by atoms with Crippen LogP contribution in [-0.4, -0.2) is 35.2 Å². The number of ether oxygens (including phenoxy) is 2. The average Bonchev–Trinajstić information content (AvgIpc) is 2.70. The monoisotopic (exact) mass is 422 g/mol. The zero-order chi connectivity index (χ0) is 20.4. The van der Waals surface area contributed by atoms with Crippen LogP contribution in [0.3, 0.4) is 0 Å². The summed E-state index contributed by atoms with van der Waals surface area (Å²) in [4.78, 5) is 31.8. The van der Waals surface area contributed by atoms with E-state index in [1.165, 1.54) is 25.0 Å². The minimum atomic E-state index is -0.365. The Kier molecular flexibility index (Phi) is 5.71. The summed E-state index contributed by atoms with van der Waals surface area (Å²) in [6.45, 7) is 0.120. The largest absolute Gasteiger partial charge is 0.495 e. The van der Waals surface area contributed by atoms with E-state index in [2.05, 4.69) is 15.3 Å². The molecule has 0 saturated carbocycles. The highest BCUT2D eigenvalue weighted by molar-refractivity contribution is 6.41. The zero-order valence-corrected chi connectivity index (χ0v) is 16.8.